The summed E-state index contributed by atoms with van der Waals surface area (Å²) in [5, 5.41) is 0. The van der Waals surface area contributed by atoms with E-state index in [1.807, 2.05) is 34.6 Å². The van der Waals surface area contributed by atoms with E-state index in [1.54, 1.807) is 0 Å². The van der Waals surface area contributed by atoms with Crippen molar-refractivity contribution in [1.29, 1.82) is 0 Å². The normalized spacial score (nSPS) is 28.4. The Morgan fingerprint density at radius 1 is 1.14 bits per heavy atom. The first-order valence-electron chi connectivity index (χ1n) is 5.00. The van der Waals surface area contributed by atoms with Crippen molar-refractivity contribution in [3.63, 3.8) is 0 Å². The van der Waals surface area contributed by atoms with Gasteiger partial charge in [0.1, 0.15) is 0 Å². The van der Waals surface area contributed by atoms with Crippen LogP contribution in [0, 0.1) is 23.2 Å². The van der Waals surface area contributed by atoms with Crippen LogP contribution in [0.25, 0.3) is 0 Å². The minimum absolute atomic E-state index is 0.151. The van der Waals surface area contributed by atoms with Gasteiger partial charge < -0.3 is 4.74 Å². The predicted octanol–water partition coefficient (Wildman–Crippen LogP) is 2.00. The van der Waals surface area contributed by atoms with Crippen molar-refractivity contribution in [2.75, 3.05) is 0 Å². The molecular formula is C11H18O3. The van der Waals surface area contributed by atoms with Crippen LogP contribution in [0.3, 0.4) is 0 Å². The van der Waals surface area contributed by atoms with Crippen molar-refractivity contribution in [3.8, 4) is 0 Å². The van der Waals surface area contributed by atoms with Crippen LogP contribution in [-0.4, -0.2) is 11.9 Å². The second-order valence-corrected chi connectivity index (χ2v) is 5.35. The van der Waals surface area contributed by atoms with Crippen LogP contribution in [-0.2, 0) is 14.3 Å². The Bertz CT molecular complexity index is 260. The van der Waals surface area contributed by atoms with E-state index in [-0.39, 0.29) is 35.1 Å². The van der Waals surface area contributed by atoms with Gasteiger partial charge in [0.25, 0.3) is 0 Å². The quantitative estimate of drug-likeness (QED) is 0.478. The molecule has 0 bridgehead atoms. The SMILES string of the molecule is CC(C)[C@@H]1C(=O)OC(=O)C1C(C)(C)C. The smallest absolute Gasteiger partial charge is 0.318 e. The van der Waals surface area contributed by atoms with Crippen LogP contribution in [0.15, 0.2) is 0 Å². The minimum Gasteiger partial charge on any atom is -0.393 e. The molecule has 0 aliphatic carbocycles. The zero-order valence-corrected chi connectivity index (χ0v) is 9.46. The third-order valence-electron chi connectivity index (χ3n) is 2.74. The Labute approximate surface area is 84.8 Å². The Kier molecular flexibility index (Phi) is 2.70. The summed E-state index contributed by atoms with van der Waals surface area (Å²) in [4.78, 5) is 22.9. The number of hydrogen-bond acceptors (Lipinski definition) is 3. The predicted molar refractivity (Wildman–Crippen MR) is 52.4 cm³/mol. The van der Waals surface area contributed by atoms with E-state index >= 15 is 0 Å². The molecule has 1 rings (SSSR count). The van der Waals surface area contributed by atoms with Gasteiger partial charge in [-0.15, -0.1) is 0 Å². The Hall–Kier alpha value is -0.860. The summed E-state index contributed by atoms with van der Waals surface area (Å²) in [6, 6.07) is 0. The number of cyclic esters (lactones) is 2. The third-order valence-corrected chi connectivity index (χ3v) is 2.74. The molecular weight excluding hydrogens is 180 g/mol. The van der Waals surface area contributed by atoms with Crippen LogP contribution < -0.4 is 0 Å². The number of esters is 2. The molecule has 1 aliphatic heterocycles. The lowest BCUT2D eigenvalue weighted by Gasteiger charge is -2.28. The van der Waals surface area contributed by atoms with Crippen molar-refractivity contribution < 1.29 is 14.3 Å². The number of ether oxygens (including phenoxy) is 1. The zero-order chi connectivity index (χ0) is 11.1. The lowest BCUT2D eigenvalue weighted by Crippen LogP contribution is -2.33. The largest absolute Gasteiger partial charge is 0.393 e. The summed E-state index contributed by atoms with van der Waals surface area (Å²) in [6.45, 7) is 9.79. The summed E-state index contributed by atoms with van der Waals surface area (Å²) in [5.41, 5.74) is -0.210. The molecule has 0 aromatic rings. The highest BCUT2D eigenvalue weighted by molar-refractivity contribution is 5.97. The molecule has 1 saturated heterocycles. The lowest BCUT2D eigenvalue weighted by molar-refractivity contribution is -0.154. The minimum atomic E-state index is -0.360. The maximum Gasteiger partial charge on any atom is 0.318 e. The summed E-state index contributed by atoms with van der Waals surface area (Å²) in [5.74, 6) is -1.14. The van der Waals surface area contributed by atoms with Crippen molar-refractivity contribution in [2.45, 2.75) is 34.6 Å². The fourth-order valence-corrected chi connectivity index (χ4v) is 2.06. The maximum absolute atomic E-state index is 11.5. The molecule has 0 saturated carbocycles. The number of rotatable bonds is 1. The standard InChI is InChI=1S/C11H18O3/c1-6(2)7-8(11(3,4)5)10(13)14-9(7)12/h6-8H,1-5H3/t7-,8?/m0/s1. The monoisotopic (exact) mass is 198 g/mol. The van der Waals surface area contributed by atoms with Gasteiger partial charge in [0, 0.05) is 0 Å². The third kappa shape index (κ3) is 1.81. The average molecular weight is 198 g/mol. The zero-order valence-electron chi connectivity index (χ0n) is 9.46. The van der Waals surface area contributed by atoms with Crippen LogP contribution in [0.1, 0.15) is 34.6 Å². The van der Waals surface area contributed by atoms with E-state index in [0.29, 0.717) is 0 Å². The van der Waals surface area contributed by atoms with Gasteiger partial charge in [0.2, 0.25) is 0 Å². The fourth-order valence-electron chi connectivity index (χ4n) is 2.06. The van der Waals surface area contributed by atoms with Crippen molar-refractivity contribution >= 4 is 11.9 Å². The molecule has 1 fully saturated rings. The van der Waals surface area contributed by atoms with Crippen LogP contribution in [0.2, 0.25) is 0 Å². The lowest BCUT2D eigenvalue weighted by atomic mass is 9.71. The van der Waals surface area contributed by atoms with E-state index in [1.165, 1.54) is 0 Å². The molecule has 1 unspecified atom stereocenters. The van der Waals surface area contributed by atoms with Gasteiger partial charge in [-0.1, -0.05) is 34.6 Å². The second-order valence-electron chi connectivity index (χ2n) is 5.35. The molecule has 3 nitrogen and oxygen atoms in total. The summed E-state index contributed by atoms with van der Waals surface area (Å²) >= 11 is 0. The Balaban J connectivity index is 3.01. The van der Waals surface area contributed by atoms with Crippen molar-refractivity contribution in [3.05, 3.63) is 0 Å². The van der Waals surface area contributed by atoms with Crippen LogP contribution in [0.5, 0.6) is 0 Å². The van der Waals surface area contributed by atoms with Crippen LogP contribution in [0.4, 0.5) is 0 Å². The summed E-state index contributed by atoms with van der Waals surface area (Å²) < 4.78 is 4.70. The highest BCUT2D eigenvalue weighted by Crippen LogP contribution is 2.41. The summed E-state index contributed by atoms with van der Waals surface area (Å²) in [7, 11) is 0. The number of carbonyl (C=O) groups excluding carboxylic acids is 2. The van der Waals surface area contributed by atoms with E-state index in [9.17, 15) is 9.59 Å². The van der Waals surface area contributed by atoms with E-state index in [2.05, 4.69) is 0 Å². The molecule has 0 amide bonds. The Morgan fingerprint density at radius 2 is 1.64 bits per heavy atom. The molecule has 0 N–H and O–H groups in total. The van der Waals surface area contributed by atoms with E-state index < -0.39 is 0 Å². The Morgan fingerprint density at radius 3 is 1.93 bits per heavy atom. The van der Waals surface area contributed by atoms with Gasteiger partial charge in [-0.25, -0.2) is 0 Å². The first-order chi connectivity index (χ1) is 6.25. The van der Waals surface area contributed by atoms with Gasteiger partial charge in [0.05, 0.1) is 11.8 Å². The highest BCUT2D eigenvalue weighted by Gasteiger charge is 2.51. The number of carbonyl (C=O) groups is 2. The summed E-state index contributed by atoms with van der Waals surface area (Å²) in [6.07, 6.45) is 0. The van der Waals surface area contributed by atoms with Crippen molar-refractivity contribution in [2.24, 2.45) is 23.2 Å². The molecule has 3 heteroatoms. The highest BCUT2D eigenvalue weighted by atomic mass is 16.6. The molecule has 14 heavy (non-hydrogen) atoms. The first kappa shape index (κ1) is 11.2. The van der Waals surface area contributed by atoms with Gasteiger partial charge >= 0.3 is 11.9 Å². The molecule has 0 aromatic carbocycles. The van der Waals surface area contributed by atoms with Gasteiger partial charge in [-0.3, -0.25) is 9.59 Å². The molecule has 2 atom stereocenters. The first-order valence-corrected chi connectivity index (χ1v) is 5.00. The molecule has 0 aromatic heterocycles. The molecule has 1 aliphatic rings. The molecule has 0 spiro atoms. The molecule has 0 radical (unpaired) electrons. The van der Waals surface area contributed by atoms with Gasteiger partial charge in [-0.05, 0) is 11.3 Å². The van der Waals surface area contributed by atoms with E-state index in [0.717, 1.165) is 0 Å². The average Bonchev–Trinajstić information content (AvgIpc) is 2.23. The van der Waals surface area contributed by atoms with Gasteiger partial charge in [-0.2, -0.15) is 0 Å². The van der Waals surface area contributed by atoms with Crippen molar-refractivity contribution in [1.82, 2.24) is 0 Å². The fraction of sp³-hybridized carbons (Fsp3) is 0.818. The second kappa shape index (κ2) is 3.37. The van der Waals surface area contributed by atoms with E-state index in [4.69, 9.17) is 4.74 Å². The topological polar surface area (TPSA) is 43.4 Å². The number of hydrogen-bond donors (Lipinski definition) is 0. The van der Waals surface area contributed by atoms with Crippen LogP contribution >= 0.6 is 0 Å². The molecule has 80 valence electrons. The molecule has 1 heterocycles. The maximum atomic E-state index is 11.5. The van der Waals surface area contributed by atoms with Gasteiger partial charge in [0.15, 0.2) is 0 Å².